The molecule has 1 atom stereocenters. The Balaban J connectivity index is 1.97. The second-order valence-electron chi connectivity index (χ2n) is 7.27. The smallest absolute Gasteiger partial charge is 0.300 e. The van der Waals surface area contributed by atoms with E-state index in [1.807, 2.05) is 6.07 Å². The molecular formula is C25H17ClN2O5. The van der Waals surface area contributed by atoms with Crippen molar-refractivity contribution in [3.05, 3.63) is 94.0 Å². The lowest BCUT2D eigenvalue weighted by atomic mass is 9.95. The molecule has 1 aliphatic rings. The number of nitriles is 1. The molecule has 0 radical (unpaired) electrons. The van der Waals surface area contributed by atoms with E-state index in [2.05, 4.69) is 0 Å². The summed E-state index contributed by atoms with van der Waals surface area (Å²) >= 11 is 6.29. The fraction of sp³-hybridized carbons (Fsp3) is 0.0800. The number of carbonyl (C=O) groups is 2. The number of ketones is 1. The minimum absolute atomic E-state index is 0.0719. The number of Topliss-reactive ketones (excluding diaryl/α,β-unsaturated/α-hetero) is 1. The third kappa shape index (κ3) is 3.88. The van der Waals surface area contributed by atoms with E-state index in [1.54, 1.807) is 18.2 Å². The second-order valence-corrected chi connectivity index (χ2v) is 7.68. The van der Waals surface area contributed by atoms with Crippen molar-refractivity contribution in [2.24, 2.45) is 0 Å². The number of hydrogen-bond donors (Lipinski definition) is 2. The highest BCUT2D eigenvalue weighted by molar-refractivity contribution is 6.52. The summed E-state index contributed by atoms with van der Waals surface area (Å²) in [6.07, 6.45) is 0. The molecule has 33 heavy (non-hydrogen) atoms. The summed E-state index contributed by atoms with van der Waals surface area (Å²) in [5.41, 5.74) is 1.07. The molecule has 0 spiro atoms. The highest BCUT2D eigenvalue weighted by Gasteiger charge is 2.47. The molecule has 1 saturated heterocycles. The van der Waals surface area contributed by atoms with E-state index < -0.39 is 23.5 Å². The number of anilines is 1. The van der Waals surface area contributed by atoms with Crippen molar-refractivity contribution in [2.75, 3.05) is 12.0 Å². The fourth-order valence-corrected chi connectivity index (χ4v) is 3.97. The maximum absolute atomic E-state index is 13.2. The van der Waals surface area contributed by atoms with E-state index in [4.69, 9.17) is 21.6 Å². The van der Waals surface area contributed by atoms with Crippen LogP contribution < -0.4 is 9.64 Å². The van der Waals surface area contributed by atoms with Gasteiger partial charge in [0.05, 0.1) is 35.4 Å². The number of aromatic hydroxyl groups is 1. The number of benzene rings is 3. The summed E-state index contributed by atoms with van der Waals surface area (Å²) in [6.45, 7) is 0. The molecule has 8 heteroatoms. The van der Waals surface area contributed by atoms with Gasteiger partial charge in [0.1, 0.15) is 17.3 Å². The van der Waals surface area contributed by atoms with Crippen molar-refractivity contribution < 1.29 is 24.5 Å². The second kappa shape index (κ2) is 8.69. The van der Waals surface area contributed by atoms with Gasteiger partial charge in [0.15, 0.2) is 0 Å². The zero-order valence-electron chi connectivity index (χ0n) is 17.3. The standard InChI is InChI=1S/C25H17ClN2O5/c1-33-18-9-10-20(26)19(12-18)23(30)21-22(15-3-2-4-17(29)11-15)28(25(32)24(21)31)16-7-5-14(13-27)6-8-16/h2-12,22,29-30H,1H3/b23-21+. The number of aliphatic hydroxyl groups is 1. The monoisotopic (exact) mass is 460 g/mol. The van der Waals surface area contributed by atoms with E-state index in [0.717, 1.165) is 0 Å². The van der Waals surface area contributed by atoms with Crippen LogP contribution in [0.5, 0.6) is 11.5 Å². The average molecular weight is 461 g/mol. The van der Waals surface area contributed by atoms with Crippen LogP contribution in [0.2, 0.25) is 5.02 Å². The highest BCUT2D eigenvalue weighted by atomic mass is 35.5. The Kier molecular flexibility index (Phi) is 5.78. The summed E-state index contributed by atoms with van der Waals surface area (Å²) < 4.78 is 5.20. The largest absolute Gasteiger partial charge is 0.508 e. The van der Waals surface area contributed by atoms with Crippen molar-refractivity contribution in [2.45, 2.75) is 6.04 Å². The molecule has 4 rings (SSSR count). The molecular weight excluding hydrogens is 444 g/mol. The fourth-order valence-electron chi connectivity index (χ4n) is 3.76. The van der Waals surface area contributed by atoms with E-state index in [9.17, 15) is 19.8 Å². The van der Waals surface area contributed by atoms with Gasteiger partial charge in [-0.3, -0.25) is 14.5 Å². The molecule has 0 aliphatic carbocycles. The number of hydrogen-bond acceptors (Lipinski definition) is 6. The number of phenols is 1. The summed E-state index contributed by atoms with van der Waals surface area (Å²) in [7, 11) is 1.45. The first kappa shape index (κ1) is 21.9. The van der Waals surface area contributed by atoms with Crippen molar-refractivity contribution in [3.8, 4) is 17.6 Å². The van der Waals surface area contributed by atoms with Crippen molar-refractivity contribution in [1.29, 1.82) is 5.26 Å². The Labute approximate surface area is 194 Å². The van der Waals surface area contributed by atoms with Crippen LogP contribution in [0.1, 0.15) is 22.7 Å². The number of amides is 1. The van der Waals surface area contributed by atoms with E-state index in [-0.39, 0.29) is 21.9 Å². The van der Waals surface area contributed by atoms with E-state index in [0.29, 0.717) is 22.6 Å². The predicted molar refractivity (Wildman–Crippen MR) is 122 cm³/mol. The van der Waals surface area contributed by atoms with Crippen LogP contribution in [-0.2, 0) is 9.59 Å². The third-order valence-corrected chi connectivity index (χ3v) is 5.66. The zero-order valence-corrected chi connectivity index (χ0v) is 18.1. The van der Waals surface area contributed by atoms with Gasteiger partial charge in [0.2, 0.25) is 0 Å². The van der Waals surface area contributed by atoms with Gasteiger partial charge in [0.25, 0.3) is 11.7 Å². The molecule has 1 aliphatic heterocycles. The van der Waals surface area contributed by atoms with Crippen LogP contribution in [0.15, 0.2) is 72.3 Å². The predicted octanol–water partition coefficient (Wildman–Crippen LogP) is 4.55. The van der Waals surface area contributed by atoms with Crippen LogP contribution in [0.4, 0.5) is 5.69 Å². The van der Waals surface area contributed by atoms with Gasteiger partial charge in [-0.25, -0.2) is 0 Å². The number of rotatable bonds is 4. The summed E-state index contributed by atoms with van der Waals surface area (Å²) in [4.78, 5) is 27.5. The quantitative estimate of drug-likeness (QED) is 0.335. The number of methoxy groups -OCH3 is 1. The molecule has 1 fully saturated rings. The molecule has 3 aromatic carbocycles. The first-order valence-corrected chi connectivity index (χ1v) is 10.2. The minimum atomic E-state index is -1.05. The molecule has 7 nitrogen and oxygen atoms in total. The highest BCUT2D eigenvalue weighted by Crippen LogP contribution is 2.43. The Morgan fingerprint density at radius 3 is 2.45 bits per heavy atom. The van der Waals surface area contributed by atoms with Gasteiger partial charge in [-0.1, -0.05) is 23.7 Å². The Hall–Kier alpha value is -4.28. The maximum Gasteiger partial charge on any atom is 0.300 e. The van der Waals surface area contributed by atoms with Crippen molar-refractivity contribution >= 4 is 34.7 Å². The maximum atomic E-state index is 13.2. The first-order valence-electron chi connectivity index (χ1n) is 9.79. The lowest BCUT2D eigenvalue weighted by molar-refractivity contribution is -0.132. The molecule has 1 unspecified atom stereocenters. The first-order chi connectivity index (χ1) is 15.8. The minimum Gasteiger partial charge on any atom is -0.508 e. The lowest BCUT2D eigenvalue weighted by Crippen LogP contribution is -2.29. The molecule has 0 saturated carbocycles. The van der Waals surface area contributed by atoms with Crippen LogP contribution in [0.25, 0.3) is 5.76 Å². The number of nitrogens with zero attached hydrogens (tertiary/aromatic N) is 2. The van der Waals surface area contributed by atoms with E-state index in [1.165, 1.54) is 60.5 Å². The van der Waals surface area contributed by atoms with Crippen LogP contribution in [0.3, 0.4) is 0 Å². The summed E-state index contributed by atoms with van der Waals surface area (Å²) in [5, 5.41) is 30.5. The zero-order chi connectivity index (χ0) is 23.7. The van der Waals surface area contributed by atoms with Gasteiger partial charge in [-0.05, 0) is 60.2 Å². The Morgan fingerprint density at radius 2 is 1.82 bits per heavy atom. The van der Waals surface area contributed by atoms with Gasteiger partial charge in [-0.15, -0.1) is 0 Å². The van der Waals surface area contributed by atoms with Crippen molar-refractivity contribution in [1.82, 2.24) is 0 Å². The van der Waals surface area contributed by atoms with Crippen LogP contribution in [-0.4, -0.2) is 29.0 Å². The Morgan fingerprint density at radius 1 is 1.09 bits per heavy atom. The van der Waals surface area contributed by atoms with Gasteiger partial charge >= 0.3 is 0 Å². The third-order valence-electron chi connectivity index (χ3n) is 5.33. The van der Waals surface area contributed by atoms with Crippen molar-refractivity contribution in [3.63, 3.8) is 0 Å². The number of carbonyl (C=O) groups excluding carboxylic acids is 2. The average Bonchev–Trinajstić information content (AvgIpc) is 3.09. The summed E-state index contributed by atoms with van der Waals surface area (Å²) in [5.74, 6) is -1.92. The van der Waals surface area contributed by atoms with Gasteiger partial charge < -0.3 is 14.9 Å². The SMILES string of the molecule is COc1ccc(Cl)c(/C(O)=C2\C(=O)C(=O)N(c3ccc(C#N)cc3)C2c2cccc(O)c2)c1. The Bertz CT molecular complexity index is 1340. The van der Waals surface area contributed by atoms with E-state index >= 15 is 0 Å². The summed E-state index contributed by atoms with van der Waals surface area (Å²) in [6, 6.07) is 17.7. The number of halogens is 1. The molecule has 0 bridgehead atoms. The molecule has 164 valence electrons. The molecule has 2 N–H and O–H groups in total. The number of aliphatic hydroxyl groups excluding tert-OH is 1. The molecule has 3 aromatic rings. The molecule has 1 amide bonds. The molecule has 0 aromatic heterocycles. The van der Waals surface area contributed by atoms with Crippen LogP contribution in [0, 0.1) is 11.3 Å². The van der Waals surface area contributed by atoms with Gasteiger partial charge in [0, 0.05) is 11.3 Å². The number of phenolic OH excluding ortho intramolecular Hbond substituents is 1. The lowest BCUT2D eigenvalue weighted by Gasteiger charge is -2.25. The molecule has 1 heterocycles. The van der Waals surface area contributed by atoms with Gasteiger partial charge in [-0.2, -0.15) is 5.26 Å². The van der Waals surface area contributed by atoms with Crippen LogP contribution >= 0.6 is 11.6 Å². The normalized spacial score (nSPS) is 17.1. The number of ether oxygens (including phenoxy) is 1. The topological polar surface area (TPSA) is 111 Å².